The SMILES string of the molecule is COc1ccc(C(=O)N2CCOCC2)c(C)c1. The van der Waals surface area contributed by atoms with Gasteiger partial charge in [0.25, 0.3) is 5.91 Å². The lowest BCUT2D eigenvalue weighted by molar-refractivity contribution is 0.0302. The van der Waals surface area contributed by atoms with Crippen molar-refractivity contribution >= 4 is 5.91 Å². The van der Waals surface area contributed by atoms with E-state index in [0.717, 1.165) is 16.9 Å². The highest BCUT2D eigenvalue weighted by atomic mass is 16.5. The quantitative estimate of drug-likeness (QED) is 0.779. The molecule has 92 valence electrons. The Morgan fingerprint density at radius 2 is 2.06 bits per heavy atom. The maximum absolute atomic E-state index is 12.2. The number of hydrogen-bond acceptors (Lipinski definition) is 3. The van der Waals surface area contributed by atoms with Crippen molar-refractivity contribution in [2.45, 2.75) is 6.92 Å². The zero-order valence-corrected chi connectivity index (χ0v) is 10.2. The summed E-state index contributed by atoms with van der Waals surface area (Å²) in [5.41, 5.74) is 1.69. The van der Waals surface area contributed by atoms with Crippen molar-refractivity contribution in [2.75, 3.05) is 33.4 Å². The normalized spacial score (nSPS) is 15.8. The molecule has 1 aliphatic rings. The summed E-state index contributed by atoms with van der Waals surface area (Å²) < 4.78 is 10.4. The van der Waals surface area contributed by atoms with Gasteiger partial charge in [0, 0.05) is 18.7 Å². The standard InChI is InChI=1S/C13H17NO3/c1-10-9-11(16-2)3-4-12(10)13(15)14-5-7-17-8-6-14/h3-4,9H,5-8H2,1-2H3. The van der Waals surface area contributed by atoms with Crippen LogP contribution >= 0.6 is 0 Å². The van der Waals surface area contributed by atoms with Crippen molar-refractivity contribution in [1.82, 2.24) is 4.90 Å². The number of rotatable bonds is 2. The molecule has 0 spiro atoms. The molecule has 1 fully saturated rings. The first-order valence-electron chi connectivity index (χ1n) is 5.74. The highest BCUT2D eigenvalue weighted by Crippen LogP contribution is 2.18. The zero-order chi connectivity index (χ0) is 12.3. The molecule has 0 unspecified atom stereocenters. The summed E-state index contributed by atoms with van der Waals surface area (Å²) in [5, 5.41) is 0. The molecule has 17 heavy (non-hydrogen) atoms. The van der Waals surface area contributed by atoms with Crippen LogP contribution in [-0.2, 0) is 4.74 Å². The van der Waals surface area contributed by atoms with Gasteiger partial charge in [-0.05, 0) is 30.7 Å². The number of carbonyl (C=O) groups excluding carboxylic acids is 1. The fourth-order valence-electron chi connectivity index (χ4n) is 1.94. The number of hydrogen-bond donors (Lipinski definition) is 0. The van der Waals surface area contributed by atoms with Gasteiger partial charge < -0.3 is 14.4 Å². The molecule has 1 aromatic rings. The second-order valence-electron chi connectivity index (χ2n) is 4.09. The molecular weight excluding hydrogens is 218 g/mol. The van der Waals surface area contributed by atoms with Gasteiger partial charge in [-0.2, -0.15) is 0 Å². The van der Waals surface area contributed by atoms with E-state index in [9.17, 15) is 4.79 Å². The number of morpholine rings is 1. The van der Waals surface area contributed by atoms with Crippen LogP contribution in [0.15, 0.2) is 18.2 Å². The molecule has 0 atom stereocenters. The largest absolute Gasteiger partial charge is 0.497 e. The lowest BCUT2D eigenvalue weighted by Crippen LogP contribution is -2.40. The molecule has 1 heterocycles. The molecule has 2 rings (SSSR count). The Kier molecular flexibility index (Phi) is 3.64. The number of ether oxygens (including phenoxy) is 2. The molecule has 0 N–H and O–H groups in total. The number of methoxy groups -OCH3 is 1. The number of benzene rings is 1. The van der Waals surface area contributed by atoms with E-state index >= 15 is 0 Å². The van der Waals surface area contributed by atoms with E-state index in [1.165, 1.54) is 0 Å². The predicted octanol–water partition coefficient (Wildman–Crippen LogP) is 1.48. The van der Waals surface area contributed by atoms with Gasteiger partial charge in [0.15, 0.2) is 0 Å². The van der Waals surface area contributed by atoms with Crippen molar-refractivity contribution in [3.8, 4) is 5.75 Å². The summed E-state index contributed by atoms with van der Waals surface area (Å²) >= 11 is 0. The molecule has 0 aromatic heterocycles. The topological polar surface area (TPSA) is 38.8 Å². The molecule has 1 aliphatic heterocycles. The van der Waals surface area contributed by atoms with Crippen molar-refractivity contribution in [3.63, 3.8) is 0 Å². The van der Waals surface area contributed by atoms with E-state index < -0.39 is 0 Å². The summed E-state index contributed by atoms with van der Waals surface area (Å²) in [7, 11) is 1.62. The van der Waals surface area contributed by atoms with Crippen LogP contribution in [0.5, 0.6) is 5.75 Å². The number of aryl methyl sites for hydroxylation is 1. The Morgan fingerprint density at radius 3 is 2.65 bits per heavy atom. The minimum absolute atomic E-state index is 0.0773. The molecule has 1 saturated heterocycles. The Morgan fingerprint density at radius 1 is 1.35 bits per heavy atom. The van der Waals surface area contributed by atoms with Crippen LogP contribution < -0.4 is 4.74 Å². The van der Waals surface area contributed by atoms with Gasteiger partial charge in [-0.1, -0.05) is 0 Å². The maximum atomic E-state index is 12.2. The second-order valence-corrected chi connectivity index (χ2v) is 4.09. The van der Waals surface area contributed by atoms with Crippen molar-refractivity contribution in [2.24, 2.45) is 0 Å². The van der Waals surface area contributed by atoms with Crippen molar-refractivity contribution in [3.05, 3.63) is 29.3 Å². The molecule has 0 saturated carbocycles. The molecule has 0 radical (unpaired) electrons. The Balaban J connectivity index is 2.18. The van der Waals surface area contributed by atoms with Crippen LogP contribution in [0.25, 0.3) is 0 Å². The molecule has 1 aromatic carbocycles. The Bertz CT molecular complexity index is 411. The summed E-state index contributed by atoms with van der Waals surface area (Å²) in [5.74, 6) is 0.856. The van der Waals surface area contributed by atoms with Gasteiger partial charge in [-0.25, -0.2) is 0 Å². The van der Waals surface area contributed by atoms with Gasteiger partial charge >= 0.3 is 0 Å². The van der Waals surface area contributed by atoms with Gasteiger partial charge in [-0.3, -0.25) is 4.79 Å². The third-order valence-electron chi connectivity index (χ3n) is 2.96. The first-order chi connectivity index (χ1) is 8.22. The van der Waals surface area contributed by atoms with Gasteiger partial charge in [0.05, 0.1) is 20.3 Å². The van der Waals surface area contributed by atoms with Gasteiger partial charge in [0.1, 0.15) is 5.75 Å². The number of nitrogens with zero attached hydrogens (tertiary/aromatic N) is 1. The van der Waals surface area contributed by atoms with E-state index in [2.05, 4.69) is 0 Å². The van der Waals surface area contributed by atoms with Crippen LogP contribution in [0.2, 0.25) is 0 Å². The molecule has 0 aliphatic carbocycles. The Hall–Kier alpha value is -1.55. The zero-order valence-electron chi connectivity index (χ0n) is 10.2. The van der Waals surface area contributed by atoms with Gasteiger partial charge in [-0.15, -0.1) is 0 Å². The van der Waals surface area contributed by atoms with E-state index in [4.69, 9.17) is 9.47 Å². The van der Waals surface area contributed by atoms with Crippen LogP contribution in [0.3, 0.4) is 0 Å². The molecular formula is C13H17NO3. The average Bonchev–Trinajstić information content (AvgIpc) is 2.39. The van der Waals surface area contributed by atoms with Crippen LogP contribution in [0.4, 0.5) is 0 Å². The Labute approximate surface area is 101 Å². The number of amides is 1. The summed E-state index contributed by atoms with van der Waals surface area (Å²) in [6, 6.07) is 5.53. The van der Waals surface area contributed by atoms with Crippen LogP contribution in [0.1, 0.15) is 15.9 Å². The minimum atomic E-state index is 0.0773. The van der Waals surface area contributed by atoms with E-state index in [1.54, 1.807) is 7.11 Å². The van der Waals surface area contributed by atoms with Crippen LogP contribution in [-0.4, -0.2) is 44.2 Å². The highest BCUT2D eigenvalue weighted by molar-refractivity contribution is 5.95. The minimum Gasteiger partial charge on any atom is -0.497 e. The lowest BCUT2D eigenvalue weighted by Gasteiger charge is -2.27. The molecule has 1 amide bonds. The lowest BCUT2D eigenvalue weighted by atomic mass is 10.1. The molecule has 0 bridgehead atoms. The second kappa shape index (κ2) is 5.19. The van der Waals surface area contributed by atoms with E-state index in [-0.39, 0.29) is 5.91 Å². The molecule has 4 heteroatoms. The third-order valence-corrected chi connectivity index (χ3v) is 2.96. The summed E-state index contributed by atoms with van der Waals surface area (Å²) in [4.78, 5) is 14.1. The average molecular weight is 235 g/mol. The smallest absolute Gasteiger partial charge is 0.254 e. The molecule has 4 nitrogen and oxygen atoms in total. The maximum Gasteiger partial charge on any atom is 0.254 e. The predicted molar refractivity (Wildman–Crippen MR) is 64.5 cm³/mol. The fourth-order valence-corrected chi connectivity index (χ4v) is 1.94. The van der Waals surface area contributed by atoms with Crippen molar-refractivity contribution < 1.29 is 14.3 Å². The van der Waals surface area contributed by atoms with Crippen LogP contribution in [0, 0.1) is 6.92 Å². The van der Waals surface area contributed by atoms with E-state index in [0.29, 0.717) is 26.3 Å². The highest BCUT2D eigenvalue weighted by Gasteiger charge is 2.19. The first-order valence-corrected chi connectivity index (χ1v) is 5.74. The monoisotopic (exact) mass is 235 g/mol. The van der Waals surface area contributed by atoms with Gasteiger partial charge in [0.2, 0.25) is 0 Å². The third kappa shape index (κ3) is 2.58. The first kappa shape index (κ1) is 11.9. The van der Waals surface area contributed by atoms with E-state index in [1.807, 2.05) is 30.0 Å². The summed E-state index contributed by atoms with van der Waals surface area (Å²) in [6.45, 7) is 4.52. The fraction of sp³-hybridized carbons (Fsp3) is 0.462. The van der Waals surface area contributed by atoms with Crippen molar-refractivity contribution in [1.29, 1.82) is 0 Å². The number of carbonyl (C=O) groups is 1. The summed E-state index contributed by atoms with van der Waals surface area (Å²) in [6.07, 6.45) is 0.